The molecular weight excluding hydrogens is 387 g/mol. The van der Waals surface area contributed by atoms with Crippen molar-refractivity contribution >= 4 is 23.1 Å². The number of halogens is 1. The minimum atomic E-state index is -0.426. The average Bonchev–Trinajstić information content (AvgIpc) is 3.45. The normalized spacial score (nSPS) is 16.7. The molecule has 5 rings (SSSR count). The highest BCUT2D eigenvalue weighted by Gasteiger charge is 2.19. The predicted octanol–water partition coefficient (Wildman–Crippen LogP) is 3.36. The first-order chi connectivity index (χ1) is 14.7. The van der Waals surface area contributed by atoms with Gasteiger partial charge in [-0.2, -0.15) is 5.10 Å². The Bertz CT molecular complexity index is 1140. The number of imidazole rings is 1. The number of anilines is 1. The van der Waals surface area contributed by atoms with E-state index in [4.69, 9.17) is 4.74 Å². The van der Waals surface area contributed by atoms with Gasteiger partial charge in [-0.15, -0.1) is 0 Å². The number of rotatable bonds is 3. The van der Waals surface area contributed by atoms with Crippen LogP contribution in [0.4, 0.5) is 14.9 Å². The Morgan fingerprint density at radius 1 is 1.20 bits per heavy atom. The second kappa shape index (κ2) is 7.83. The summed E-state index contributed by atoms with van der Waals surface area (Å²) in [7, 11) is 0. The second-order valence-electron chi connectivity index (χ2n) is 7.39. The zero-order chi connectivity index (χ0) is 20.5. The number of hydrogen-bond acceptors (Lipinski definition) is 5. The first-order valence-corrected chi connectivity index (χ1v) is 10.0. The predicted molar refractivity (Wildman–Crippen MR) is 109 cm³/mol. The Labute approximate surface area is 172 Å². The Morgan fingerprint density at radius 3 is 2.87 bits per heavy atom. The number of likely N-dealkylation sites (tertiary alicyclic amines) is 1. The molecule has 2 aliphatic heterocycles. The van der Waals surface area contributed by atoms with Crippen LogP contribution in [-0.4, -0.2) is 56.8 Å². The third-order valence-electron chi connectivity index (χ3n) is 5.37. The third-order valence-corrected chi connectivity index (χ3v) is 5.37. The molecule has 0 radical (unpaired) electrons. The van der Waals surface area contributed by atoms with Crippen LogP contribution in [0, 0.1) is 5.82 Å². The molecule has 0 spiro atoms. The molecule has 1 N–H and O–H groups in total. The van der Waals surface area contributed by atoms with E-state index in [1.54, 1.807) is 33.9 Å². The molecule has 0 unspecified atom stereocenters. The maximum Gasteiger partial charge on any atom is 0.321 e. The Kier molecular flexibility index (Phi) is 4.88. The first-order valence-electron chi connectivity index (χ1n) is 10.0. The number of carbonyl (C=O) groups excluding carboxylic acids is 1. The van der Waals surface area contributed by atoms with Gasteiger partial charge in [-0.3, -0.25) is 0 Å². The lowest BCUT2D eigenvalue weighted by molar-refractivity contribution is 0.161. The van der Waals surface area contributed by atoms with Crippen molar-refractivity contribution < 1.29 is 13.9 Å². The number of benzene rings is 1. The Morgan fingerprint density at radius 2 is 2.07 bits per heavy atom. The van der Waals surface area contributed by atoms with Crippen molar-refractivity contribution in [2.24, 2.45) is 0 Å². The molecule has 30 heavy (non-hydrogen) atoms. The molecule has 8 nitrogen and oxygen atoms in total. The highest BCUT2D eigenvalue weighted by molar-refractivity contribution is 5.90. The van der Waals surface area contributed by atoms with E-state index in [1.165, 1.54) is 6.07 Å². The maximum atomic E-state index is 14.6. The van der Waals surface area contributed by atoms with E-state index in [1.807, 2.05) is 6.08 Å². The number of hydrogen-bond donors (Lipinski definition) is 1. The van der Waals surface area contributed by atoms with Gasteiger partial charge in [0, 0.05) is 24.3 Å². The van der Waals surface area contributed by atoms with Crippen molar-refractivity contribution in [2.75, 3.05) is 31.6 Å². The molecule has 2 amide bonds. The topological polar surface area (TPSA) is 84.7 Å². The van der Waals surface area contributed by atoms with Crippen molar-refractivity contribution in [3.63, 3.8) is 0 Å². The van der Waals surface area contributed by atoms with Gasteiger partial charge in [-0.05, 0) is 43.0 Å². The summed E-state index contributed by atoms with van der Waals surface area (Å²) in [6.07, 6.45) is 8.10. The van der Waals surface area contributed by atoms with Crippen molar-refractivity contribution in [2.45, 2.75) is 19.3 Å². The monoisotopic (exact) mass is 408 g/mol. The van der Waals surface area contributed by atoms with Crippen LogP contribution in [0.5, 0.6) is 0 Å². The second-order valence-corrected chi connectivity index (χ2v) is 7.39. The summed E-state index contributed by atoms with van der Waals surface area (Å²) < 4.78 is 21.4. The molecule has 2 aromatic heterocycles. The summed E-state index contributed by atoms with van der Waals surface area (Å²) in [4.78, 5) is 22.9. The number of carbonyl (C=O) groups is 1. The lowest BCUT2D eigenvalue weighted by atomic mass is 10.1. The summed E-state index contributed by atoms with van der Waals surface area (Å²) in [5.74, 6) is -0.0442. The van der Waals surface area contributed by atoms with Crippen LogP contribution in [0.15, 0.2) is 36.7 Å². The van der Waals surface area contributed by atoms with E-state index in [-0.39, 0.29) is 11.6 Å². The molecule has 0 aliphatic carbocycles. The van der Waals surface area contributed by atoms with E-state index in [0.29, 0.717) is 30.4 Å². The molecule has 1 fully saturated rings. The summed E-state index contributed by atoms with van der Waals surface area (Å²) in [6.45, 7) is 2.70. The maximum absolute atomic E-state index is 14.6. The highest BCUT2D eigenvalue weighted by atomic mass is 19.1. The highest BCUT2D eigenvalue weighted by Crippen LogP contribution is 2.26. The number of nitrogens with zero attached hydrogens (tertiary/aromatic N) is 5. The minimum absolute atomic E-state index is 0.169. The van der Waals surface area contributed by atoms with Gasteiger partial charge < -0.3 is 15.0 Å². The number of ether oxygens (including phenoxy) is 1. The quantitative estimate of drug-likeness (QED) is 0.718. The van der Waals surface area contributed by atoms with Gasteiger partial charge in [0.15, 0.2) is 0 Å². The molecular formula is C21H21FN6O2. The van der Waals surface area contributed by atoms with Crippen molar-refractivity contribution in [1.29, 1.82) is 0 Å². The van der Waals surface area contributed by atoms with Gasteiger partial charge in [0.05, 0.1) is 31.3 Å². The van der Waals surface area contributed by atoms with E-state index < -0.39 is 5.82 Å². The summed E-state index contributed by atoms with van der Waals surface area (Å²) >= 11 is 0. The van der Waals surface area contributed by atoms with Crippen LogP contribution in [0.3, 0.4) is 0 Å². The number of nitrogens with one attached hydrogen (secondary N) is 1. The largest absolute Gasteiger partial charge is 0.377 e. The van der Waals surface area contributed by atoms with Crippen molar-refractivity contribution in [1.82, 2.24) is 24.5 Å². The van der Waals surface area contributed by atoms with E-state index >= 15 is 0 Å². The van der Waals surface area contributed by atoms with Crippen LogP contribution < -0.4 is 5.32 Å². The Balaban J connectivity index is 1.44. The van der Waals surface area contributed by atoms with Gasteiger partial charge >= 0.3 is 6.03 Å². The lowest BCUT2D eigenvalue weighted by Gasteiger charge is -2.16. The van der Waals surface area contributed by atoms with Crippen LogP contribution in [-0.2, 0) is 4.74 Å². The van der Waals surface area contributed by atoms with E-state index in [0.717, 1.165) is 43.6 Å². The lowest BCUT2D eigenvalue weighted by Crippen LogP contribution is -2.32. The van der Waals surface area contributed by atoms with Gasteiger partial charge in [0.25, 0.3) is 5.78 Å². The van der Waals surface area contributed by atoms with Gasteiger partial charge in [-0.25, -0.2) is 23.7 Å². The van der Waals surface area contributed by atoms with Crippen LogP contribution in [0.1, 0.15) is 25.0 Å². The molecule has 1 saturated heterocycles. The molecule has 9 heteroatoms. The molecule has 1 aromatic carbocycles. The molecule has 4 heterocycles. The third kappa shape index (κ3) is 3.63. The molecule has 3 aromatic rings. The number of amides is 2. The number of aromatic nitrogens is 4. The van der Waals surface area contributed by atoms with Crippen LogP contribution >= 0.6 is 0 Å². The number of urea groups is 1. The standard InChI is InChI=1S/C21H21FN6O2/c22-17-4-3-15(24-21(29)27-7-1-2-8-27)11-16(17)19-13-28-20(25-19)23-12-18(26-28)14-5-9-30-10-6-14/h3-5,11-13H,1-2,6-10H2,(H,24,29). The molecule has 154 valence electrons. The van der Waals surface area contributed by atoms with Crippen molar-refractivity contribution in [3.8, 4) is 11.3 Å². The fourth-order valence-corrected chi connectivity index (χ4v) is 3.74. The van der Waals surface area contributed by atoms with Crippen LogP contribution in [0.25, 0.3) is 22.6 Å². The molecule has 2 aliphatic rings. The zero-order valence-electron chi connectivity index (χ0n) is 16.3. The first kappa shape index (κ1) is 18.7. The smallest absolute Gasteiger partial charge is 0.321 e. The SMILES string of the molecule is O=C(Nc1ccc(F)c(-c2cn3nc(C4=CCOCC4)cnc3n2)c1)N1CCCC1. The minimum Gasteiger partial charge on any atom is -0.377 e. The molecule has 0 bridgehead atoms. The fraction of sp³-hybridized carbons (Fsp3) is 0.333. The fourth-order valence-electron chi connectivity index (χ4n) is 3.74. The van der Waals surface area contributed by atoms with Gasteiger partial charge in [-0.1, -0.05) is 6.08 Å². The summed E-state index contributed by atoms with van der Waals surface area (Å²) in [5.41, 5.74) is 3.04. The van der Waals surface area contributed by atoms with E-state index in [9.17, 15) is 9.18 Å². The van der Waals surface area contributed by atoms with Crippen LogP contribution in [0.2, 0.25) is 0 Å². The van der Waals surface area contributed by atoms with E-state index in [2.05, 4.69) is 20.4 Å². The summed E-state index contributed by atoms with van der Waals surface area (Å²) in [6, 6.07) is 4.30. The van der Waals surface area contributed by atoms with Crippen molar-refractivity contribution in [3.05, 3.63) is 48.2 Å². The van der Waals surface area contributed by atoms with Gasteiger partial charge in [0.2, 0.25) is 0 Å². The zero-order valence-corrected chi connectivity index (χ0v) is 16.3. The number of fused-ring (bicyclic) bond motifs is 1. The van der Waals surface area contributed by atoms with Gasteiger partial charge in [0.1, 0.15) is 11.5 Å². The average molecular weight is 408 g/mol. The summed E-state index contributed by atoms with van der Waals surface area (Å²) in [5, 5.41) is 7.41. The molecule has 0 atom stereocenters. The molecule has 0 saturated carbocycles. The Hall–Kier alpha value is -3.33.